The molecule has 0 aromatic heterocycles. The lowest BCUT2D eigenvalue weighted by atomic mass is 10.1. The van der Waals surface area contributed by atoms with Crippen LogP contribution in [-0.4, -0.2) is 53.0 Å². The van der Waals surface area contributed by atoms with Gasteiger partial charge in [0, 0.05) is 38.3 Å². The van der Waals surface area contributed by atoms with Crippen molar-refractivity contribution in [2.24, 2.45) is 0 Å². The number of thioether (sulfide) groups is 1. The molecule has 29 heavy (non-hydrogen) atoms. The number of carbonyl (C=O) groups excluding carboxylic acids is 3. The van der Waals surface area contributed by atoms with E-state index in [0.29, 0.717) is 23.6 Å². The summed E-state index contributed by atoms with van der Waals surface area (Å²) in [5, 5.41) is 1.87. The Balaban J connectivity index is 1.34. The van der Waals surface area contributed by atoms with Crippen LogP contribution in [0, 0.1) is 0 Å². The van der Waals surface area contributed by atoms with Crippen LogP contribution in [0.15, 0.2) is 59.5 Å². The highest BCUT2D eigenvalue weighted by Crippen LogP contribution is 2.25. The maximum absolute atomic E-state index is 12.8. The van der Waals surface area contributed by atoms with Crippen molar-refractivity contribution < 1.29 is 14.4 Å². The molecule has 2 aromatic rings. The number of benzene rings is 2. The van der Waals surface area contributed by atoms with Gasteiger partial charge in [-0.25, -0.2) is 0 Å². The molecule has 2 fully saturated rings. The van der Waals surface area contributed by atoms with E-state index in [0.717, 1.165) is 37.0 Å². The summed E-state index contributed by atoms with van der Waals surface area (Å²) in [7, 11) is 0. The summed E-state index contributed by atoms with van der Waals surface area (Å²) in [4.78, 5) is 40.3. The van der Waals surface area contributed by atoms with Crippen molar-refractivity contribution in [2.45, 2.75) is 6.54 Å². The Morgan fingerprint density at radius 1 is 0.966 bits per heavy atom. The molecular formula is C22H21N3O3S. The van der Waals surface area contributed by atoms with Crippen LogP contribution in [0.5, 0.6) is 0 Å². The van der Waals surface area contributed by atoms with Gasteiger partial charge in [-0.05, 0) is 41.1 Å². The number of amides is 3. The van der Waals surface area contributed by atoms with E-state index in [9.17, 15) is 14.4 Å². The van der Waals surface area contributed by atoms with E-state index in [4.69, 9.17) is 0 Å². The SMILES string of the molecule is O=C1NC(=O)/C(=C/c2ccc(C(=O)N3CCN(Cc4ccccc4)CC3)cc2)S1. The summed E-state index contributed by atoms with van der Waals surface area (Å²) in [6, 6.07) is 17.5. The Labute approximate surface area is 173 Å². The number of piperazine rings is 1. The molecular weight excluding hydrogens is 386 g/mol. The van der Waals surface area contributed by atoms with Crippen molar-refractivity contribution in [2.75, 3.05) is 26.2 Å². The summed E-state index contributed by atoms with van der Waals surface area (Å²) >= 11 is 0.884. The third kappa shape index (κ3) is 4.75. The molecule has 2 aliphatic rings. The van der Waals surface area contributed by atoms with Crippen molar-refractivity contribution in [3.05, 3.63) is 76.2 Å². The van der Waals surface area contributed by atoms with Crippen LogP contribution in [0.25, 0.3) is 6.08 Å². The Bertz CT molecular complexity index is 949. The van der Waals surface area contributed by atoms with Gasteiger partial charge in [0.1, 0.15) is 0 Å². The Morgan fingerprint density at radius 3 is 2.28 bits per heavy atom. The molecule has 0 aliphatic carbocycles. The fourth-order valence-electron chi connectivity index (χ4n) is 3.43. The number of rotatable bonds is 4. The maximum Gasteiger partial charge on any atom is 0.290 e. The summed E-state index contributed by atoms with van der Waals surface area (Å²) in [6.07, 6.45) is 1.65. The number of hydrogen-bond acceptors (Lipinski definition) is 5. The van der Waals surface area contributed by atoms with Crippen molar-refractivity contribution in [3.8, 4) is 0 Å². The molecule has 7 heteroatoms. The van der Waals surface area contributed by atoms with Crippen molar-refractivity contribution in [1.82, 2.24) is 15.1 Å². The van der Waals surface area contributed by atoms with Crippen molar-refractivity contribution >= 4 is 34.9 Å². The smallest absolute Gasteiger partial charge is 0.290 e. The summed E-state index contributed by atoms with van der Waals surface area (Å²) in [5.74, 6) is -0.361. The molecule has 2 heterocycles. The molecule has 4 rings (SSSR count). The van der Waals surface area contributed by atoms with E-state index in [-0.39, 0.29) is 17.1 Å². The first kappa shape index (κ1) is 19.4. The van der Waals surface area contributed by atoms with Crippen LogP contribution < -0.4 is 5.32 Å². The molecule has 0 atom stereocenters. The largest absolute Gasteiger partial charge is 0.336 e. The highest BCUT2D eigenvalue weighted by atomic mass is 32.2. The second-order valence-electron chi connectivity index (χ2n) is 7.03. The maximum atomic E-state index is 12.8. The summed E-state index contributed by atoms with van der Waals surface area (Å²) in [5.41, 5.74) is 2.69. The molecule has 6 nitrogen and oxygen atoms in total. The minimum atomic E-state index is -0.381. The van der Waals surface area contributed by atoms with Crippen LogP contribution in [0.4, 0.5) is 4.79 Å². The summed E-state index contributed by atoms with van der Waals surface area (Å²) in [6.45, 7) is 4.02. The molecule has 2 saturated heterocycles. The second-order valence-corrected chi connectivity index (χ2v) is 8.04. The molecule has 2 aromatic carbocycles. The molecule has 3 amide bonds. The second kappa shape index (κ2) is 8.63. The average molecular weight is 407 g/mol. The van der Waals surface area contributed by atoms with E-state index >= 15 is 0 Å². The lowest BCUT2D eigenvalue weighted by Crippen LogP contribution is -2.48. The minimum absolute atomic E-state index is 0.0201. The van der Waals surface area contributed by atoms with Gasteiger partial charge in [-0.2, -0.15) is 0 Å². The first-order chi connectivity index (χ1) is 14.1. The van der Waals surface area contributed by atoms with Gasteiger partial charge >= 0.3 is 0 Å². The number of nitrogens with one attached hydrogen (secondary N) is 1. The van der Waals surface area contributed by atoms with E-state index in [1.807, 2.05) is 23.1 Å². The number of nitrogens with zero attached hydrogens (tertiary/aromatic N) is 2. The molecule has 0 spiro atoms. The standard InChI is InChI=1S/C22H21N3O3S/c26-20-19(29-22(28)23-20)14-16-6-8-18(9-7-16)21(27)25-12-10-24(11-13-25)15-17-4-2-1-3-5-17/h1-9,14H,10-13,15H2,(H,23,26,28)/b19-14-. The fraction of sp³-hybridized carbons (Fsp3) is 0.227. The minimum Gasteiger partial charge on any atom is -0.336 e. The quantitative estimate of drug-likeness (QED) is 0.789. The third-order valence-corrected chi connectivity index (χ3v) is 5.82. The highest BCUT2D eigenvalue weighted by Gasteiger charge is 2.25. The molecule has 0 radical (unpaired) electrons. The first-order valence-electron chi connectivity index (χ1n) is 9.49. The Kier molecular flexibility index (Phi) is 5.78. The predicted octanol–water partition coefficient (Wildman–Crippen LogP) is 2.97. The third-order valence-electron chi connectivity index (χ3n) is 5.01. The highest BCUT2D eigenvalue weighted by molar-refractivity contribution is 8.18. The van der Waals surface area contributed by atoms with Gasteiger partial charge in [-0.1, -0.05) is 42.5 Å². The summed E-state index contributed by atoms with van der Waals surface area (Å²) < 4.78 is 0. The fourth-order valence-corrected chi connectivity index (χ4v) is 4.11. The van der Waals surface area contributed by atoms with Gasteiger partial charge in [0.2, 0.25) is 0 Å². The number of imide groups is 1. The van der Waals surface area contributed by atoms with Gasteiger partial charge < -0.3 is 4.90 Å². The van der Waals surface area contributed by atoms with Crippen LogP contribution in [0.1, 0.15) is 21.5 Å². The van der Waals surface area contributed by atoms with Crippen molar-refractivity contribution in [1.29, 1.82) is 0 Å². The Hall–Kier alpha value is -2.90. The molecule has 0 unspecified atom stereocenters. The van der Waals surface area contributed by atoms with Gasteiger partial charge in [0.25, 0.3) is 17.1 Å². The van der Waals surface area contributed by atoms with Gasteiger partial charge in [-0.3, -0.25) is 24.6 Å². The Morgan fingerprint density at radius 2 is 1.66 bits per heavy atom. The lowest BCUT2D eigenvalue weighted by molar-refractivity contribution is -0.115. The van der Waals surface area contributed by atoms with Gasteiger partial charge in [0.05, 0.1) is 4.91 Å². The van der Waals surface area contributed by atoms with Crippen LogP contribution in [0.2, 0.25) is 0 Å². The molecule has 148 valence electrons. The van der Waals surface area contributed by atoms with Gasteiger partial charge in [0.15, 0.2) is 0 Å². The zero-order valence-corrected chi connectivity index (χ0v) is 16.7. The molecule has 2 aliphatic heterocycles. The first-order valence-corrected chi connectivity index (χ1v) is 10.3. The average Bonchev–Trinajstić information content (AvgIpc) is 3.06. The van der Waals surface area contributed by atoms with E-state index in [1.54, 1.807) is 30.3 Å². The molecule has 1 N–H and O–H groups in total. The van der Waals surface area contributed by atoms with Crippen LogP contribution in [0.3, 0.4) is 0 Å². The van der Waals surface area contributed by atoms with E-state index in [2.05, 4.69) is 22.3 Å². The van der Waals surface area contributed by atoms with Crippen molar-refractivity contribution in [3.63, 3.8) is 0 Å². The molecule has 0 saturated carbocycles. The van der Waals surface area contributed by atoms with E-state index in [1.165, 1.54) is 5.56 Å². The van der Waals surface area contributed by atoms with Crippen LogP contribution >= 0.6 is 11.8 Å². The zero-order chi connectivity index (χ0) is 20.2. The van der Waals surface area contributed by atoms with Gasteiger partial charge in [-0.15, -0.1) is 0 Å². The predicted molar refractivity (Wildman–Crippen MR) is 113 cm³/mol. The lowest BCUT2D eigenvalue weighted by Gasteiger charge is -2.34. The normalized spacial score (nSPS) is 18.9. The number of carbonyl (C=O) groups is 3. The zero-order valence-electron chi connectivity index (χ0n) is 15.8. The van der Waals surface area contributed by atoms with E-state index < -0.39 is 0 Å². The van der Waals surface area contributed by atoms with Crippen LogP contribution in [-0.2, 0) is 11.3 Å². The topological polar surface area (TPSA) is 69.7 Å². The molecule has 0 bridgehead atoms. The number of hydrogen-bond donors (Lipinski definition) is 1. The monoisotopic (exact) mass is 407 g/mol.